The van der Waals surface area contributed by atoms with Crippen LogP contribution in [-0.4, -0.2) is 23.7 Å². The van der Waals surface area contributed by atoms with Crippen LogP contribution in [0, 0.1) is 0 Å². The molecule has 0 saturated heterocycles. The Morgan fingerprint density at radius 2 is 1.72 bits per heavy atom. The van der Waals surface area contributed by atoms with Crippen molar-refractivity contribution in [2.24, 2.45) is 0 Å². The molecule has 0 fully saturated rings. The lowest BCUT2D eigenvalue weighted by atomic mass is 10.0. The SMILES string of the molecule is O=C(Nc1cccc(OCC(F)(F)F)c1)c1cnc2ccccc2c1C(F)(F)F. The van der Waals surface area contributed by atoms with Crippen LogP contribution in [0.2, 0.25) is 0 Å². The fraction of sp³-hybridized carbons (Fsp3) is 0.158. The summed E-state index contributed by atoms with van der Waals surface area (Å²) in [7, 11) is 0. The number of carbonyl (C=O) groups is 1. The van der Waals surface area contributed by atoms with E-state index in [-0.39, 0.29) is 22.3 Å². The Kier molecular flexibility index (Phi) is 5.36. The van der Waals surface area contributed by atoms with E-state index in [0.717, 1.165) is 12.3 Å². The van der Waals surface area contributed by atoms with Gasteiger partial charge in [0.25, 0.3) is 5.91 Å². The zero-order valence-corrected chi connectivity index (χ0v) is 14.4. The van der Waals surface area contributed by atoms with Crippen LogP contribution < -0.4 is 10.1 Å². The first kappa shape index (κ1) is 20.4. The third kappa shape index (κ3) is 4.95. The summed E-state index contributed by atoms with van der Waals surface area (Å²) in [4.78, 5) is 16.4. The highest BCUT2D eigenvalue weighted by molar-refractivity contribution is 6.07. The maximum Gasteiger partial charge on any atom is 0.422 e. The van der Waals surface area contributed by atoms with Gasteiger partial charge < -0.3 is 10.1 Å². The first-order valence-corrected chi connectivity index (χ1v) is 8.10. The van der Waals surface area contributed by atoms with Crippen LogP contribution in [0.15, 0.2) is 54.7 Å². The van der Waals surface area contributed by atoms with Crippen molar-refractivity contribution in [2.45, 2.75) is 12.4 Å². The summed E-state index contributed by atoms with van der Waals surface area (Å²) < 4.78 is 82.2. The molecule has 1 heterocycles. The van der Waals surface area contributed by atoms with E-state index in [9.17, 15) is 31.1 Å². The minimum atomic E-state index is -4.83. The van der Waals surface area contributed by atoms with E-state index in [1.807, 2.05) is 0 Å². The molecule has 152 valence electrons. The van der Waals surface area contributed by atoms with E-state index >= 15 is 0 Å². The van der Waals surface area contributed by atoms with Crippen molar-refractivity contribution in [2.75, 3.05) is 11.9 Å². The summed E-state index contributed by atoms with van der Waals surface area (Å²) in [6.07, 6.45) is -8.57. The number of carbonyl (C=O) groups excluding carboxylic acids is 1. The molecule has 0 atom stereocenters. The molecule has 0 bridgehead atoms. The Bertz CT molecular complexity index is 1050. The molecule has 0 radical (unpaired) electrons. The average Bonchev–Trinajstić information content (AvgIpc) is 2.64. The number of halogens is 6. The van der Waals surface area contributed by atoms with Crippen molar-refractivity contribution in [3.05, 3.63) is 65.9 Å². The highest BCUT2D eigenvalue weighted by Gasteiger charge is 2.37. The second-order valence-corrected chi connectivity index (χ2v) is 5.95. The zero-order valence-electron chi connectivity index (χ0n) is 14.4. The highest BCUT2D eigenvalue weighted by Crippen LogP contribution is 2.37. The second-order valence-electron chi connectivity index (χ2n) is 5.95. The zero-order chi connectivity index (χ0) is 21.2. The van der Waals surface area contributed by atoms with E-state index in [1.165, 1.54) is 42.5 Å². The largest absolute Gasteiger partial charge is 0.484 e. The predicted octanol–water partition coefficient (Wildman–Crippen LogP) is 5.45. The standard InChI is InChI=1S/C19H12F6N2O2/c20-18(21,22)10-29-12-5-3-4-11(8-12)27-17(28)14-9-26-15-7-2-1-6-13(15)16(14)19(23,24)25/h1-9H,10H2,(H,27,28). The minimum Gasteiger partial charge on any atom is -0.484 e. The summed E-state index contributed by atoms with van der Waals surface area (Å²) >= 11 is 0. The molecule has 0 aliphatic rings. The summed E-state index contributed by atoms with van der Waals surface area (Å²) in [5.41, 5.74) is -1.82. The molecule has 0 aliphatic carbocycles. The van der Waals surface area contributed by atoms with Gasteiger partial charge in [0.05, 0.1) is 16.6 Å². The van der Waals surface area contributed by atoms with Crippen LogP contribution in [-0.2, 0) is 6.18 Å². The molecule has 0 aliphatic heterocycles. The molecule has 1 N–H and O–H groups in total. The van der Waals surface area contributed by atoms with Gasteiger partial charge in [-0.2, -0.15) is 26.3 Å². The Labute approximate surface area is 160 Å². The van der Waals surface area contributed by atoms with Gasteiger partial charge in [-0.15, -0.1) is 0 Å². The Hall–Kier alpha value is -3.30. The number of benzene rings is 2. The van der Waals surface area contributed by atoms with Crippen molar-refractivity contribution in [3.63, 3.8) is 0 Å². The highest BCUT2D eigenvalue weighted by atomic mass is 19.4. The number of amides is 1. The molecule has 1 amide bonds. The Morgan fingerprint density at radius 1 is 1.00 bits per heavy atom. The normalized spacial score (nSPS) is 12.1. The summed E-state index contributed by atoms with van der Waals surface area (Å²) in [5.74, 6) is -1.31. The molecule has 2 aromatic carbocycles. The number of anilines is 1. The molecule has 29 heavy (non-hydrogen) atoms. The van der Waals surface area contributed by atoms with Gasteiger partial charge in [-0.05, 0) is 18.2 Å². The fourth-order valence-electron chi connectivity index (χ4n) is 2.65. The molecule has 3 rings (SSSR count). The molecule has 10 heteroatoms. The van der Waals surface area contributed by atoms with E-state index < -0.39 is 36.0 Å². The fourth-order valence-corrected chi connectivity index (χ4v) is 2.65. The summed E-state index contributed by atoms with van der Waals surface area (Å²) in [6.45, 7) is -1.54. The van der Waals surface area contributed by atoms with Crippen molar-refractivity contribution in [1.29, 1.82) is 0 Å². The van der Waals surface area contributed by atoms with Crippen molar-refractivity contribution in [3.8, 4) is 5.75 Å². The summed E-state index contributed by atoms with van der Waals surface area (Å²) in [5, 5.41) is 1.99. The maximum atomic E-state index is 13.6. The van der Waals surface area contributed by atoms with Gasteiger partial charge in [0.1, 0.15) is 5.75 Å². The minimum absolute atomic E-state index is 0.0315. The smallest absolute Gasteiger partial charge is 0.422 e. The van der Waals surface area contributed by atoms with Crippen LogP contribution >= 0.6 is 0 Å². The second kappa shape index (κ2) is 7.61. The third-order valence-corrected chi connectivity index (χ3v) is 3.80. The van der Waals surface area contributed by atoms with Crippen LogP contribution in [0.3, 0.4) is 0 Å². The molecule has 0 spiro atoms. The summed E-state index contributed by atoms with van der Waals surface area (Å²) in [6, 6.07) is 10.4. The molecule has 0 unspecified atom stereocenters. The number of hydrogen-bond donors (Lipinski definition) is 1. The van der Waals surface area contributed by atoms with Gasteiger partial charge in [0.2, 0.25) is 0 Å². The monoisotopic (exact) mass is 414 g/mol. The quantitative estimate of drug-likeness (QED) is 0.578. The van der Waals surface area contributed by atoms with E-state index in [1.54, 1.807) is 0 Å². The van der Waals surface area contributed by atoms with E-state index in [2.05, 4.69) is 15.0 Å². The lowest BCUT2D eigenvalue weighted by Gasteiger charge is -2.15. The first-order valence-electron chi connectivity index (χ1n) is 8.10. The predicted molar refractivity (Wildman–Crippen MR) is 92.7 cm³/mol. The number of nitrogens with zero attached hydrogens (tertiary/aromatic N) is 1. The van der Waals surface area contributed by atoms with Gasteiger partial charge in [-0.25, -0.2) is 0 Å². The number of ether oxygens (including phenoxy) is 1. The Balaban J connectivity index is 1.91. The van der Waals surface area contributed by atoms with Gasteiger partial charge in [0, 0.05) is 23.3 Å². The first-order chi connectivity index (χ1) is 13.5. The lowest BCUT2D eigenvalue weighted by molar-refractivity contribution is -0.153. The maximum absolute atomic E-state index is 13.6. The van der Waals surface area contributed by atoms with Gasteiger partial charge in [0.15, 0.2) is 6.61 Å². The van der Waals surface area contributed by atoms with Crippen LogP contribution in [0.25, 0.3) is 10.9 Å². The average molecular weight is 414 g/mol. The van der Waals surface area contributed by atoms with Crippen molar-refractivity contribution >= 4 is 22.5 Å². The number of rotatable bonds is 4. The van der Waals surface area contributed by atoms with Crippen molar-refractivity contribution < 1.29 is 35.9 Å². The number of alkyl halides is 6. The molecule has 1 aromatic heterocycles. The van der Waals surface area contributed by atoms with E-state index in [4.69, 9.17) is 0 Å². The van der Waals surface area contributed by atoms with Gasteiger partial charge in [-0.3, -0.25) is 9.78 Å². The molecular formula is C19H12F6N2O2. The lowest BCUT2D eigenvalue weighted by Crippen LogP contribution is -2.20. The molecule has 0 saturated carbocycles. The third-order valence-electron chi connectivity index (χ3n) is 3.80. The Morgan fingerprint density at radius 3 is 2.41 bits per heavy atom. The van der Waals surface area contributed by atoms with Crippen LogP contribution in [0.1, 0.15) is 15.9 Å². The topological polar surface area (TPSA) is 51.2 Å². The van der Waals surface area contributed by atoms with E-state index in [0.29, 0.717) is 0 Å². The van der Waals surface area contributed by atoms with Crippen molar-refractivity contribution in [1.82, 2.24) is 4.98 Å². The van der Waals surface area contributed by atoms with Gasteiger partial charge in [-0.1, -0.05) is 24.3 Å². The molecular weight excluding hydrogens is 402 g/mol. The van der Waals surface area contributed by atoms with Crippen LogP contribution in [0.4, 0.5) is 32.0 Å². The number of fused-ring (bicyclic) bond motifs is 1. The number of hydrogen-bond acceptors (Lipinski definition) is 3. The number of nitrogens with one attached hydrogen (secondary N) is 1. The molecule has 4 nitrogen and oxygen atoms in total. The van der Waals surface area contributed by atoms with Gasteiger partial charge >= 0.3 is 12.4 Å². The molecule has 3 aromatic rings. The number of aromatic nitrogens is 1. The number of para-hydroxylation sites is 1. The number of pyridine rings is 1. The van der Waals surface area contributed by atoms with Crippen LogP contribution in [0.5, 0.6) is 5.75 Å².